The maximum absolute atomic E-state index is 12.6. The van der Waals surface area contributed by atoms with E-state index in [2.05, 4.69) is 17.2 Å². The molecular weight excluding hydrogens is 370 g/mol. The zero-order valence-corrected chi connectivity index (χ0v) is 16.9. The molecule has 0 spiro atoms. The van der Waals surface area contributed by atoms with Crippen LogP contribution in [0.3, 0.4) is 0 Å². The van der Waals surface area contributed by atoms with Gasteiger partial charge in [-0.25, -0.2) is 9.78 Å². The molecule has 7 nitrogen and oxygen atoms in total. The Morgan fingerprint density at radius 1 is 1.24 bits per heavy atom. The van der Waals surface area contributed by atoms with Crippen LogP contribution in [0.15, 0.2) is 23.0 Å². The van der Waals surface area contributed by atoms with Gasteiger partial charge in [-0.05, 0) is 50.3 Å². The van der Waals surface area contributed by atoms with Gasteiger partial charge >= 0.3 is 5.97 Å². The van der Waals surface area contributed by atoms with Gasteiger partial charge in [-0.1, -0.05) is 19.8 Å². The summed E-state index contributed by atoms with van der Waals surface area (Å²) in [5.41, 5.74) is 0.709. The molecule has 0 unspecified atom stereocenters. The van der Waals surface area contributed by atoms with Crippen molar-refractivity contribution >= 4 is 22.8 Å². The highest BCUT2D eigenvalue weighted by molar-refractivity contribution is 5.95. The number of ether oxygens (including phenoxy) is 1. The fourth-order valence-corrected chi connectivity index (χ4v) is 4.32. The van der Waals surface area contributed by atoms with E-state index in [0.717, 1.165) is 37.9 Å². The van der Waals surface area contributed by atoms with Gasteiger partial charge in [0.25, 0.3) is 11.5 Å². The van der Waals surface area contributed by atoms with Crippen LogP contribution in [0, 0.1) is 5.92 Å². The van der Waals surface area contributed by atoms with Gasteiger partial charge in [-0.15, -0.1) is 0 Å². The van der Waals surface area contributed by atoms with Crippen LogP contribution < -0.4 is 10.9 Å². The largest absolute Gasteiger partial charge is 0.449 e. The van der Waals surface area contributed by atoms with Crippen molar-refractivity contribution in [2.45, 2.75) is 71.1 Å². The molecule has 1 saturated carbocycles. The van der Waals surface area contributed by atoms with Crippen LogP contribution in [0.2, 0.25) is 0 Å². The number of benzene rings is 1. The Kier molecular flexibility index (Phi) is 5.39. The van der Waals surface area contributed by atoms with Crippen LogP contribution in [-0.2, 0) is 22.5 Å². The van der Waals surface area contributed by atoms with Gasteiger partial charge in [0.1, 0.15) is 5.82 Å². The number of hydrogen-bond donors (Lipinski definition) is 1. The number of aryl methyl sites for hydroxylation is 1. The van der Waals surface area contributed by atoms with E-state index in [1.807, 2.05) is 0 Å². The monoisotopic (exact) mass is 397 g/mol. The molecule has 0 radical (unpaired) electrons. The summed E-state index contributed by atoms with van der Waals surface area (Å²) in [5.74, 6) is 0.325. The van der Waals surface area contributed by atoms with Crippen LogP contribution in [0.25, 0.3) is 10.9 Å². The van der Waals surface area contributed by atoms with E-state index in [9.17, 15) is 14.4 Å². The Bertz CT molecular complexity index is 1010. The highest BCUT2D eigenvalue weighted by atomic mass is 16.5. The van der Waals surface area contributed by atoms with Crippen molar-refractivity contribution in [3.63, 3.8) is 0 Å². The molecule has 1 N–H and O–H groups in total. The molecule has 3 atom stereocenters. The van der Waals surface area contributed by atoms with Crippen molar-refractivity contribution in [2.75, 3.05) is 0 Å². The summed E-state index contributed by atoms with van der Waals surface area (Å²) in [4.78, 5) is 42.1. The molecule has 1 amide bonds. The standard InChI is InChI=1S/C22H27N3O4/c1-13-6-3-4-7-17(13)24-20(26)14(2)29-22(28)15-9-10-16-18(12-15)23-19-8-5-11-25(19)21(16)27/h9-10,12-14,17H,3-8,11H2,1-2H3,(H,24,26)/t13-,14-,17-/m1/s1. The van der Waals surface area contributed by atoms with Crippen molar-refractivity contribution in [1.29, 1.82) is 0 Å². The van der Waals surface area contributed by atoms with E-state index < -0.39 is 12.1 Å². The maximum Gasteiger partial charge on any atom is 0.338 e. The van der Waals surface area contributed by atoms with Crippen LogP contribution in [-0.4, -0.2) is 33.6 Å². The molecule has 0 bridgehead atoms. The number of carbonyl (C=O) groups is 2. The molecular formula is C22H27N3O4. The fraction of sp³-hybridized carbons (Fsp3) is 0.545. The predicted octanol–water partition coefficient (Wildman–Crippen LogP) is 2.58. The molecule has 154 valence electrons. The molecule has 1 aromatic carbocycles. The molecule has 2 heterocycles. The summed E-state index contributed by atoms with van der Waals surface area (Å²) in [6.45, 7) is 4.41. The molecule has 29 heavy (non-hydrogen) atoms. The number of amides is 1. The topological polar surface area (TPSA) is 90.3 Å². The first-order valence-electron chi connectivity index (χ1n) is 10.5. The van der Waals surface area contributed by atoms with E-state index >= 15 is 0 Å². The van der Waals surface area contributed by atoms with Crippen LogP contribution >= 0.6 is 0 Å². The second-order valence-corrected chi connectivity index (χ2v) is 8.24. The predicted molar refractivity (Wildman–Crippen MR) is 109 cm³/mol. The Labute approximate surface area is 169 Å². The Morgan fingerprint density at radius 3 is 2.83 bits per heavy atom. The minimum atomic E-state index is -0.883. The van der Waals surface area contributed by atoms with E-state index in [0.29, 0.717) is 23.4 Å². The fourth-order valence-electron chi connectivity index (χ4n) is 4.32. The average molecular weight is 397 g/mol. The first-order chi connectivity index (χ1) is 13.9. The van der Waals surface area contributed by atoms with Gasteiger partial charge in [-0.3, -0.25) is 14.2 Å². The SMILES string of the molecule is C[C@@H]1CCCC[C@H]1NC(=O)[C@@H](C)OC(=O)c1ccc2c(=O)n3c(nc2c1)CCC3. The van der Waals surface area contributed by atoms with Gasteiger partial charge in [0.2, 0.25) is 0 Å². The zero-order valence-electron chi connectivity index (χ0n) is 16.9. The number of aromatic nitrogens is 2. The Balaban J connectivity index is 1.46. The first kappa shape index (κ1) is 19.6. The lowest BCUT2D eigenvalue weighted by Gasteiger charge is -2.30. The summed E-state index contributed by atoms with van der Waals surface area (Å²) >= 11 is 0. The molecule has 0 saturated heterocycles. The lowest BCUT2D eigenvalue weighted by molar-refractivity contribution is -0.130. The molecule has 7 heteroatoms. The molecule has 1 aliphatic carbocycles. The molecule has 1 aromatic heterocycles. The lowest BCUT2D eigenvalue weighted by Crippen LogP contribution is -2.45. The molecule has 2 aromatic rings. The van der Waals surface area contributed by atoms with E-state index in [1.54, 1.807) is 29.7 Å². The van der Waals surface area contributed by atoms with Crippen LogP contribution in [0.4, 0.5) is 0 Å². The minimum absolute atomic E-state index is 0.0724. The van der Waals surface area contributed by atoms with Crippen molar-refractivity contribution in [1.82, 2.24) is 14.9 Å². The lowest BCUT2D eigenvalue weighted by atomic mass is 9.86. The highest BCUT2D eigenvalue weighted by Gasteiger charge is 2.27. The third kappa shape index (κ3) is 3.91. The van der Waals surface area contributed by atoms with Crippen molar-refractivity contribution in [2.24, 2.45) is 5.92 Å². The van der Waals surface area contributed by atoms with Crippen molar-refractivity contribution in [3.05, 3.63) is 39.9 Å². The normalized spacial score (nSPS) is 22.1. The second kappa shape index (κ2) is 7.97. The van der Waals surface area contributed by atoms with Crippen molar-refractivity contribution in [3.8, 4) is 0 Å². The Morgan fingerprint density at radius 2 is 2.03 bits per heavy atom. The number of hydrogen-bond acceptors (Lipinski definition) is 5. The van der Waals surface area contributed by atoms with Crippen LogP contribution in [0.1, 0.15) is 62.1 Å². The van der Waals surface area contributed by atoms with E-state index in [-0.39, 0.29) is 23.1 Å². The first-order valence-corrected chi connectivity index (χ1v) is 10.5. The maximum atomic E-state index is 12.6. The molecule has 2 aliphatic rings. The number of rotatable bonds is 4. The zero-order chi connectivity index (χ0) is 20.5. The molecule has 1 aliphatic heterocycles. The quantitative estimate of drug-likeness (QED) is 0.801. The van der Waals surface area contributed by atoms with Gasteiger partial charge in [0.15, 0.2) is 6.10 Å². The summed E-state index contributed by atoms with van der Waals surface area (Å²) in [7, 11) is 0. The van der Waals surface area contributed by atoms with E-state index in [4.69, 9.17) is 4.74 Å². The smallest absolute Gasteiger partial charge is 0.338 e. The Hall–Kier alpha value is -2.70. The van der Waals surface area contributed by atoms with Gasteiger partial charge < -0.3 is 10.1 Å². The number of esters is 1. The number of carbonyl (C=O) groups excluding carboxylic acids is 2. The number of fused-ring (bicyclic) bond motifs is 2. The third-order valence-electron chi connectivity index (χ3n) is 6.14. The van der Waals surface area contributed by atoms with E-state index in [1.165, 1.54) is 6.42 Å². The molecule has 1 fully saturated rings. The summed E-state index contributed by atoms with van der Waals surface area (Å²) in [6, 6.07) is 4.88. The summed E-state index contributed by atoms with van der Waals surface area (Å²) < 4.78 is 7.08. The third-order valence-corrected chi connectivity index (χ3v) is 6.14. The van der Waals surface area contributed by atoms with Gasteiger partial charge in [0, 0.05) is 19.0 Å². The summed E-state index contributed by atoms with van der Waals surface area (Å²) in [5, 5.41) is 3.51. The van der Waals surface area contributed by atoms with Gasteiger partial charge in [-0.2, -0.15) is 0 Å². The summed E-state index contributed by atoms with van der Waals surface area (Å²) in [6.07, 6.45) is 5.15. The van der Waals surface area contributed by atoms with Crippen molar-refractivity contribution < 1.29 is 14.3 Å². The van der Waals surface area contributed by atoms with Crippen LogP contribution in [0.5, 0.6) is 0 Å². The number of nitrogens with zero attached hydrogens (tertiary/aromatic N) is 2. The second-order valence-electron chi connectivity index (χ2n) is 8.24. The number of nitrogens with one attached hydrogen (secondary N) is 1. The minimum Gasteiger partial charge on any atom is -0.449 e. The molecule has 4 rings (SSSR count). The van der Waals surface area contributed by atoms with Gasteiger partial charge in [0.05, 0.1) is 16.5 Å². The highest BCUT2D eigenvalue weighted by Crippen LogP contribution is 2.24. The average Bonchev–Trinajstić information content (AvgIpc) is 3.18.